The van der Waals surface area contributed by atoms with E-state index in [1.54, 1.807) is 0 Å². The first kappa shape index (κ1) is 13.6. The number of aliphatic hydroxyl groups excluding tert-OH is 3. The van der Waals surface area contributed by atoms with Crippen molar-refractivity contribution in [1.29, 1.82) is 0 Å². The second-order valence-corrected chi connectivity index (χ2v) is 1.51. The van der Waals surface area contributed by atoms with Gasteiger partial charge in [0.2, 0.25) is 0 Å². The van der Waals surface area contributed by atoms with Crippen LogP contribution in [0.4, 0.5) is 0 Å². The standard InChI is InChI=1S/C4H8O5.K/c5-1-2(6)3(7)4(8)9;/h2-3,5-7H,1H2,(H,8,9);/q;+1/p-1/t2-,3-;/m1./s1. The second-order valence-electron chi connectivity index (χ2n) is 1.51. The number of hydrogen-bond acceptors (Lipinski definition) is 5. The van der Waals surface area contributed by atoms with E-state index in [0.29, 0.717) is 0 Å². The molecule has 0 radical (unpaired) electrons. The van der Waals surface area contributed by atoms with Crippen LogP contribution in [0.25, 0.3) is 0 Å². The Balaban J connectivity index is 0. The topological polar surface area (TPSA) is 101 Å². The maximum absolute atomic E-state index is 9.67. The van der Waals surface area contributed by atoms with Crippen LogP contribution in [0.1, 0.15) is 0 Å². The molecule has 10 heavy (non-hydrogen) atoms. The van der Waals surface area contributed by atoms with E-state index in [1.807, 2.05) is 0 Å². The normalized spacial score (nSPS) is 15.1. The van der Waals surface area contributed by atoms with Crippen LogP contribution < -0.4 is 56.5 Å². The Morgan fingerprint density at radius 3 is 2.00 bits per heavy atom. The number of hydrogen-bond donors (Lipinski definition) is 3. The van der Waals surface area contributed by atoms with Gasteiger partial charge in [-0.25, -0.2) is 0 Å². The zero-order chi connectivity index (χ0) is 7.44. The van der Waals surface area contributed by atoms with E-state index in [9.17, 15) is 9.90 Å². The average Bonchev–Trinajstić information content (AvgIpc) is 1.84. The quantitative estimate of drug-likeness (QED) is 0.369. The van der Waals surface area contributed by atoms with Crippen LogP contribution in [-0.2, 0) is 4.79 Å². The molecule has 0 aliphatic heterocycles. The largest absolute Gasteiger partial charge is 1.00 e. The molecule has 0 bridgehead atoms. The number of rotatable bonds is 3. The van der Waals surface area contributed by atoms with Crippen LogP contribution in [0.5, 0.6) is 0 Å². The number of carbonyl (C=O) groups excluding carboxylic acids is 1. The molecule has 0 amide bonds. The van der Waals surface area contributed by atoms with E-state index in [2.05, 4.69) is 0 Å². The predicted octanol–water partition coefficient (Wildman–Crippen LogP) is -6.55. The smallest absolute Gasteiger partial charge is 0.547 e. The molecule has 0 heterocycles. The molecular weight excluding hydrogens is 167 g/mol. The van der Waals surface area contributed by atoms with Crippen molar-refractivity contribution in [3.63, 3.8) is 0 Å². The fourth-order valence-electron chi connectivity index (χ4n) is 0.257. The predicted molar refractivity (Wildman–Crippen MR) is 24.1 cm³/mol. The minimum atomic E-state index is -2.00. The van der Waals surface area contributed by atoms with Gasteiger partial charge < -0.3 is 25.2 Å². The summed E-state index contributed by atoms with van der Waals surface area (Å²) in [4.78, 5) is 9.67. The van der Waals surface area contributed by atoms with E-state index < -0.39 is 24.8 Å². The van der Waals surface area contributed by atoms with E-state index in [1.165, 1.54) is 0 Å². The number of aliphatic carboxylic acids is 1. The Bertz CT molecular complexity index is 106. The minimum absolute atomic E-state index is 0. The minimum Gasteiger partial charge on any atom is -0.547 e. The monoisotopic (exact) mass is 174 g/mol. The Hall–Kier alpha value is 0.986. The third-order valence-electron chi connectivity index (χ3n) is 0.793. The fourth-order valence-corrected chi connectivity index (χ4v) is 0.257. The Morgan fingerprint density at radius 1 is 1.50 bits per heavy atom. The van der Waals surface area contributed by atoms with Crippen molar-refractivity contribution in [2.45, 2.75) is 12.2 Å². The van der Waals surface area contributed by atoms with Crippen molar-refractivity contribution >= 4 is 5.97 Å². The summed E-state index contributed by atoms with van der Waals surface area (Å²) in [6.07, 6.45) is -3.66. The molecule has 0 spiro atoms. The molecule has 0 rings (SSSR count). The first-order chi connectivity index (χ1) is 4.09. The van der Waals surface area contributed by atoms with E-state index in [-0.39, 0.29) is 51.4 Å². The maximum atomic E-state index is 9.67. The van der Waals surface area contributed by atoms with Crippen molar-refractivity contribution < 1.29 is 76.6 Å². The fraction of sp³-hybridized carbons (Fsp3) is 0.750. The summed E-state index contributed by atoms with van der Waals surface area (Å²) in [7, 11) is 0. The van der Waals surface area contributed by atoms with Gasteiger partial charge in [-0.05, 0) is 0 Å². The van der Waals surface area contributed by atoms with Crippen molar-refractivity contribution in [3.05, 3.63) is 0 Å². The summed E-state index contributed by atoms with van der Waals surface area (Å²) >= 11 is 0. The van der Waals surface area contributed by atoms with Crippen molar-refractivity contribution in [2.75, 3.05) is 6.61 Å². The number of carbonyl (C=O) groups is 1. The maximum Gasteiger partial charge on any atom is 1.00 e. The number of carboxylic acids is 1. The Kier molecular flexibility index (Phi) is 9.07. The van der Waals surface area contributed by atoms with Gasteiger partial charge in [0.15, 0.2) is 0 Å². The first-order valence-corrected chi connectivity index (χ1v) is 2.27. The van der Waals surface area contributed by atoms with Gasteiger partial charge >= 0.3 is 51.4 Å². The van der Waals surface area contributed by atoms with Crippen LogP contribution in [0.15, 0.2) is 0 Å². The molecule has 0 saturated carbocycles. The van der Waals surface area contributed by atoms with Gasteiger partial charge in [-0.2, -0.15) is 0 Å². The SMILES string of the molecule is O=C([O-])[C@H](O)[C@H](O)CO.[K+]. The number of aliphatic hydroxyl groups is 3. The molecule has 0 fully saturated rings. The second kappa shape index (κ2) is 6.68. The molecule has 0 aromatic carbocycles. The molecule has 0 saturated heterocycles. The van der Waals surface area contributed by atoms with Gasteiger partial charge in [-0.3, -0.25) is 0 Å². The molecule has 0 unspecified atom stereocenters. The van der Waals surface area contributed by atoms with Gasteiger partial charge in [0.1, 0.15) is 12.2 Å². The molecule has 0 aliphatic rings. The van der Waals surface area contributed by atoms with E-state index in [0.717, 1.165) is 0 Å². The van der Waals surface area contributed by atoms with E-state index >= 15 is 0 Å². The van der Waals surface area contributed by atoms with Crippen molar-refractivity contribution in [2.24, 2.45) is 0 Å². The molecule has 5 nitrogen and oxygen atoms in total. The van der Waals surface area contributed by atoms with Gasteiger partial charge in [0.05, 0.1) is 12.6 Å². The molecule has 6 heteroatoms. The van der Waals surface area contributed by atoms with Crippen molar-refractivity contribution in [3.8, 4) is 0 Å². The molecule has 0 aromatic heterocycles. The van der Waals surface area contributed by atoms with Gasteiger partial charge in [-0.15, -0.1) is 0 Å². The van der Waals surface area contributed by atoms with Crippen LogP contribution in [-0.4, -0.2) is 40.1 Å². The summed E-state index contributed by atoms with van der Waals surface area (Å²) in [5, 5.41) is 34.4. The summed E-state index contributed by atoms with van der Waals surface area (Å²) in [6, 6.07) is 0. The van der Waals surface area contributed by atoms with E-state index in [4.69, 9.17) is 15.3 Å². The van der Waals surface area contributed by atoms with Gasteiger partial charge in [0.25, 0.3) is 0 Å². The van der Waals surface area contributed by atoms with Gasteiger partial charge in [0, 0.05) is 0 Å². The summed E-state index contributed by atoms with van der Waals surface area (Å²) in [5.74, 6) is -1.79. The number of carboxylic acid groups (broad SMARTS) is 1. The van der Waals surface area contributed by atoms with Crippen LogP contribution >= 0.6 is 0 Å². The molecule has 0 aromatic rings. The third-order valence-corrected chi connectivity index (χ3v) is 0.793. The Labute approximate surface area is 100 Å². The molecule has 3 N–H and O–H groups in total. The molecular formula is C4H7KO5. The Morgan fingerprint density at radius 2 is 1.90 bits per heavy atom. The first-order valence-electron chi connectivity index (χ1n) is 2.27. The molecule has 54 valence electrons. The van der Waals surface area contributed by atoms with Crippen LogP contribution in [0, 0.1) is 0 Å². The average molecular weight is 174 g/mol. The van der Waals surface area contributed by atoms with Crippen molar-refractivity contribution in [1.82, 2.24) is 0 Å². The summed E-state index contributed by atoms with van der Waals surface area (Å²) < 4.78 is 0. The summed E-state index contributed by atoms with van der Waals surface area (Å²) in [5.41, 5.74) is 0. The zero-order valence-corrected chi connectivity index (χ0v) is 8.64. The third kappa shape index (κ3) is 4.75. The van der Waals surface area contributed by atoms with Crippen LogP contribution in [0.3, 0.4) is 0 Å². The van der Waals surface area contributed by atoms with Crippen LogP contribution in [0.2, 0.25) is 0 Å². The summed E-state index contributed by atoms with van der Waals surface area (Å²) in [6.45, 7) is -0.796. The van der Waals surface area contributed by atoms with Gasteiger partial charge in [-0.1, -0.05) is 0 Å². The molecule has 0 aliphatic carbocycles. The zero-order valence-electron chi connectivity index (χ0n) is 5.52. The molecule has 2 atom stereocenters.